The fourth-order valence-electron chi connectivity index (χ4n) is 2.35. The minimum absolute atomic E-state index is 0.106. The van der Waals surface area contributed by atoms with Gasteiger partial charge in [0.1, 0.15) is 5.15 Å². The summed E-state index contributed by atoms with van der Waals surface area (Å²) in [5.41, 5.74) is 0.618. The summed E-state index contributed by atoms with van der Waals surface area (Å²) >= 11 is 9.23. The number of hydrogen-bond acceptors (Lipinski definition) is 2. The summed E-state index contributed by atoms with van der Waals surface area (Å²) in [6, 6.07) is 1.85. The molecule has 0 radical (unpaired) electrons. The lowest BCUT2D eigenvalue weighted by Crippen LogP contribution is -2.30. The molecule has 0 aromatic carbocycles. The molecule has 1 amide bonds. The summed E-state index contributed by atoms with van der Waals surface area (Å²) in [5.74, 6) is -0.169. The molecule has 0 saturated heterocycles. The van der Waals surface area contributed by atoms with Gasteiger partial charge in [0.15, 0.2) is 0 Å². The van der Waals surface area contributed by atoms with E-state index in [1.54, 1.807) is 12.3 Å². The maximum Gasteiger partial charge on any atom is 0.254 e. The summed E-state index contributed by atoms with van der Waals surface area (Å²) in [5, 5.41) is 3.26. The second-order valence-electron chi connectivity index (χ2n) is 5.84. The van der Waals surface area contributed by atoms with Gasteiger partial charge < -0.3 is 5.32 Å². The highest BCUT2D eigenvalue weighted by Gasteiger charge is 2.65. The Hall–Kier alpha value is -0.610. The van der Waals surface area contributed by atoms with Crippen molar-refractivity contribution < 1.29 is 4.79 Å². The maximum atomic E-state index is 12.2. The predicted molar refractivity (Wildman–Crippen MR) is 75.8 cm³/mol. The Morgan fingerprint density at radius 3 is 2.44 bits per heavy atom. The fourth-order valence-corrected chi connectivity index (χ4v) is 2.87. The quantitative estimate of drug-likeness (QED) is 0.840. The average molecular weight is 332 g/mol. The number of halogens is 2. The van der Waals surface area contributed by atoms with E-state index in [4.69, 9.17) is 11.6 Å². The molecule has 0 bridgehead atoms. The molecule has 2 rings (SSSR count). The van der Waals surface area contributed by atoms with E-state index in [-0.39, 0.29) is 27.9 Å². The molecular formula is C13H16BrClN2O. The van der Waals surface area contributed by atoms with Gasteiger partial charge >= 0.3 is 0 Å². The van der Waals surface area contributed by atoms with E-state index in [9.17, 15) is 4.79 Å². The number of amides is 1. The monoisotopic (exact) mass is 330 g/mol. The standard InChI is InChI=1S/C13H16BrClN2O/c1-12(2)11(13(12,3)4)17-10(18)8-5-7(14)6-16-9(8)15/h5-6,11H,1-4H3,(H,17,18). The second kappa shape index (κ2) is 4.20. The van der Waals surface area contributed by atoms with Crippen LogP contribution in [0.4, 0.5) is 0 Å². The third-order valence-corrected chi connectivity index (χ3v) is 5.08. The average Bonchev–Trinajstić information content (AvgIpc) is 2.64. The number of hydrogen-bond donors (Lipinski definition) is 1. The van der Waals surface area contributed by atoms with Crippen molar-refractivity contribution >= 4 is 33.4 Å². The first-order valence-electron chi connectivity index (χ1n) is 5.80. The van der Waals surface area contributed by atoms with Gasteiger partial charge in [-0.05, 0) is 32.8 Å². The number of carbonyl (C=O) groups excluding carboxylic acids is 1. The molecule has 0 spiro atoms. The summed E-state index contributed by atoms with van der Waals surface area (Å²) < 4.78 is 0.742. The van der Waals surface area contributed by atoms with Crippen LogP contribution in [0.5, 0.6) is 0 Å². The molecule has 0 aliphatic heterocycles. The van der Waals surface area contributed by atoms with Crippen LogP contribution in [0.25, 0.3) is 0 Å². The summed E-state index contributed by atoms with van der Waals surface area (Å²) in [4.78, 5) is 16.1. The van der Waals surface area contributed by atoms with Crippen LogP contribution in [0, 0.1) is 10.8 Å². The van der Waals surface area contributed by atoms with E-state index in [1.165, 1.54) is 0 Å². The highest BCUT2D eigenvalue weighted by atomic mass is 79.9. The van der Waals surface area contributed by atoms with Crippen molar-refractivity contribution in [2.45, 2.75) is 33.7 Å². The zero-order chi connectivity index (χ0) is 13.7. The number of rotatable bonds is 2. The Bertz CT molecular complexity index is 500. The zero-order valence-corrected chi connectivity index (χ0v) is 13.2. The van der Waals surface area contributed by atoms with Gasteiger partial charge in [-0.1, -0.05) is 39.3 Å². The van der Waals surface area contributed by atoms with Gasteiger partial charge in [-0.2, -0.15) is 0 Å². The van der Waals surface area contributed by atoms with E-state index in [2.05, 4.69) is 53.9 Å². The van der Waals surface area contributed by atoms with E-state index in [0.717, 1.165) is 4.47 Å². The van der Waals surface area contributed by atoms with Gasteiger partial charge in [-0.25, -0.2) is 4.98 Å². The normalized spacial score (nSPS) is 20.6. The van der Waals surface area contributed by atoms with Crippen molar-refractivity contribution in [1.82, 2.24) is 10.3 Å². The lowest BCUT2D eigenvalue weighted by molar-refractivity contribution is 0.0943. The smallest absolute Gasteiger partial charge is 0.254 e. The van der Waals surface area contributed by atoms with Crippen LogP contribution in [0.2, 0.25) is 5.15 Å². The van der Waals surface area contributed by atoms with Gasteiger partial charge in [-0.15, -0.1) is 0 Å². The van der Waals surface area contributed by atoms with Crippen LogP contribution >= 0.6 is 27.5 Å². The van der Waals surface area contributed by atoms with Crippen molar-refractivity contribution in [1.29, 1.82) is 0 Å². The molecule has 1 N–H and O–H groups in total. The third kappa shape index (κ3) is 2.05. The summed E-state index contributed by atoms with van der Waals surface area (Å²) in [6.07, 6.45) is 1.57. The molecule has 1 aliphatic carbocycles. The minimum atomic E-state index is -0.169. The molecule has 1 aliphatic rings. The van der Waals surface area contributed by atoms with E-state index in [0.29, 0.717) is 5.56 Å². The van der Waals surface area contributed by atoms with Gasteiger partial charge in [0.05, 0.1) is 5.56 Å². The molecule has 1 fully saturated rings. The van der Waals surface area contributed by atoms with E-state index in [1.807, 2.05) is 0 Å². The largest absolute Gasteiger partial charge is 0.348 e. The molecule has 1 aromatic rings. The number of nitrogens with one attached hydrogen (secondary N) is 1. The van der Waals surface area contributed by atoms with Gasteiger partial charge in [0, 0.05) is 16.7 Å². The third-order valence-electron chi connectivity index (χ3n) is 4.35. The molecular weight excluding hydrogens is 316 g/mol. The van der Waals surface area contributed by atoms with Gasteiger partial charge in [0.2, 0.25) is 0 Å². The molecule has 18 heavy (non-hydrogen) atoms. The minimum Gasteiger partial charge on any atom is -0.348 e. The Morgan fingerprint density at radius 2 is 1.94 bits per heavy atom. The van der Waals surface area contributed by atoms with Crippen molar-refractivity contribution in [3.05, 3.63) is 27.5 Å². The number of nitrogens with zero attached hydrogens (tertiary/aromatic N) is 1. The molecule has 1 saturated carbocycles. The lowest BCUT2D eigenvalue weighted by Gasteiger charge is -2.08. The molecule has 3 nitrogen and oxygen atoms in total. The Labute approximate surface area is 120 Å². The van der Waals surface area contributed by atoms with Gasteiger partial charge in [0.25, 0.3) is 5.91 Å². The number of carbonyl (C=O) groups is 1. The molecule has 5 heteroatoms. The molecule has 98 valence electrons. The van der Waals surface area contributed by atoms with Crippen LogP contribution in [0.3, 0.4) is 0 Å². The van der Waals surface area contributed by atoms with Gasteiger partial charge in [-0.3, -0.25) is 4.79 Å². The lowest BCUT2D eigenvalue weighted by atomic mass is 10.0. The van der Waals surface area contributed by atoms with Crippen molar-refractivity contribution in [3.63, 3.8) is 0 Å². The van der Waals surface area contributed by atoms with Crippen molar-refractivity contribution in [2.75, 3.05) is 0 Å². The number of pyridine rings is 1. The first kappa shape index (κ1) is 13.8. The highest BCUT2D eigenvalue weighted by Crippen LogP contribution is 2.62. The van der Waals surface area contributed by atoms with E-state index < -0.39 is 0 Å². The topological polar surface area (TPSA) is 42.0 Å². The Morgan fingerprint density at radius 1 is 1.39 bits per heavy atom. The second-order valence-corrected chi connectivity index (χ2v) is 7.12. The Kier molecular flexibility index (Phi) is 3.23. The van der Waals surface area contributed by atoms with Crippen LogP contribution < -0.4 is 5.32 Å². The predicted octanol–water partition coefficient (Wildman–Crippen LogP) is 3.66. The zero-order valence-electron chi connectivity index (χ0n) is 10.8. The van der Waals surface area contributed by atoms with Crippen LogP contribution in [0.1, 0.15) is 38.1 Å². The van der Waals surface area contributed by atoms with Crippen molar-refractivity contribution in [3.8, 4) is 0 Å². The number of aromatic nitrogens is 1. The Balaban J connectivity index is 2.17. The fraction of sp³-hybridized carbons (Fsp3) is 0.538. The first-order chi connectivity index (χ1) is 8.18. The van der Waals surface area contributed by atoms with Crippen molar-refractivity contribution in [2.24, 2.45) is 10.8 Å². The SMILES string of the molecule is CC1(C)C(NC(=O)c2cc(Br)cnc2Cl)C1(C)C. The van der Waals surface area contributed by atoms with E-state index >= 15 is 0 Å². The maximum absolute atomic E-state index is 12.2. The first-order valence-corrected chi connectivity index (χ1v) is 6.97. The molecule has 0 unspecified atom stereocenters. The molecule has 1 heterocycles. The van der Waals surface area contributed by atoms with Crippen LogP contribution in [-0.4, -0.2) is 16.9 Å². The summed E-state index contributed by atoms with van der Waals surface area (Å²) in [6.45, 7) is 8.61. The highest BCUT2D eigenvalue weighted by molar-refractivity contribution is 9.10. The molecule has 1 aromatic heterocycles. The molecule has 0 atom stereocenters. The summed E-state index contributed by atoms with van der Waals surface area (Å²) in [7, 11) is 0. The van der Waals surface area contributed by atoms with Crippen LogP contribution in [-0.2, 0) is 0 Å². The van der Waals surface area contributed by atoms with Crippen LogP contribution in [0.15, 0.2) is 16.7 Å².